The number of aromatic nitrogens is 2. The normalized spacial score (nSPS) is 17.0. The minimum absolute atomic E-state index is 0.250. The van der Waals surface area contributed by atoms with E-state index in [1.54, 1.807) is 6.07 Å². The Morgan fingerprint density at radius 2 is 2.19 bits per heavy atom. The Kier molecular flexibility index (Phi) is 6.11. The molecule has 1 aliphatic rings. The van der Waals surface area contributed by atoms with Crippen molar-refractivity contribution >= 4 is 5.97 Å². The van der Waals surface area contributed by atoms with Crippen LogP contribution in [-0.4, -0.2) is 44.6 Å². The van der Waals surface area contributed by atoms with E-state index in [1.807, 2.05) is 6.20 Å². The third kappa shape index (κ3) is 4.86. The summed E-state index contributed by atoms with van der Waals surface area (Å²) in [6, 6.07) is 5.63. The number of H-pyrrole nitrogens is 1. The molecule has 1 aromatic carbocycles. The maximum absolute atomic E-state index is 13.4. The molecular formula is C20H26FN3O3. The molecule has 0 atom stereocenters. The van der Waals surface area contributed by atoms with Gasteiger partial charge in [-0.25, -0.2) is 14.2 Å². The van der Waals surface area contributed by atoms with Crippen molar-refractivity contribution < 1.29 is 19.0 Å². The first-order chi connectivity index (χ1) is 13.0. The summed E-state index contributed by atoms with van der Waals surface area (Å²) >= 11 is 0. The fourth-order valence-electron chi connectivity index (χ4n) is 3.39. The maximum atomic E-state index is 13.4. The average molecular weight is 375 g/mol. The molecule has 1 aromatic heterocycles. The monoisotopic (exact) mass is 375 g/mol. The predicted molar refractivity (Wildman–Crippen MR) is 99.1 cm³/mol. The Bertz CT molecular complexity index is 769. The standard InChI is InChI=1S/C20H26FN3O3/c1-2-3-7-18-22-13-16(23-18)14-24-10-8-20(9-11-24,19(25)26)27-17-6-4-5-15(21)12-17/h4-6,12-13H,2-3,7-11,14H2,1H3,(H,22,23)(H,25,26). The summed E-state index contributed by atoms with van der Waals surface area (Å²) in [5, 5.41) is 9.73. The van der Waals surface area contributed by atoms with Crippen molar-refractivity contribution in [3.63, 3.8) is 0 Å². The predicted octanol–water partition coefficient (Wildman–Crippen LogP) is 3.39. The molecule has 0 bridgehead atoms. The number of aromatic amines is 1. The van der Waals surface area contributed by atoms with Crippen molar-refractivity contribution in [2.24, 2.45) is 0 Å². The number of imidazole rings is 1. The second-order valence-electron chi connectivity index (χ2n) is 7.09. The summed E-state index contributed by atoms with van der Waals surface area (Å²) in [7, 11) is 0. The molecule has 2 aromatic rings. The second kappa shape index (κ2) is 8.52. The molecule has 0 amide bonds. The van der Waals surface area contributed by atoms with Gasteiger partial charge in [-0.2, -0.15) is 0 Å². The molecule has 6 nitrogen and oxygen atoms in total. The third-order valence-electron chi connectivity index (χ3n) is 5.00. The fraction of sp³-hybridized carbons (Fsp3) is 0.500. The molecule has 1 aliphatic heterocycles. The Balaban J connectivity index is 1.59. The Labute approximate surface area is 158 Å². The summed E-state index contributed by atoms with van der Waals surface area (Å²) < 4.78 is 19.1. The summed E-state index contributed by atoms with van der Waals surface area (Å²) in [5.41, 5.74) is -0.278. The van der Waals surface area contributed by atoms with Gasteiger partial charge in [0.05, 0.1) is 0 Å². The van der Waals surface area contributed by atoms with Crippen molar-refractivity contribution in [3.8, 4) is 5.75 Å². The number of carbonyl (C=O) groups is 1. The summed E-state index contributed by atoms with van der Waals surface area (Å²) in [4.78, 5) is 21.8. The number of aryl methyl sites for hydroxylation is 1. The number of halogens is 1. The summed E-state index contributed by atoms with van der Waals surface area (Å²) in [6.07, 6.45) is 5.72. The van der Waals surface area contributed by atoms with Gasteiger partial charge in [-0.15, -0.1) is 0 Å². The number of hydrogen-bond acceptors (Lipinski definition) is 4. The first-order valence-corrected chi connectivity index (χ1v) is 9.44. The van der Waals surface area contributed by atoms with E-state index in [-0.39, 0.29) is 5.75 Å². The van der Waals surface area contributed by atoms with Crippen LogP contribution in [0.5, 0.6) is 5.75 Å². The number of rotatable bonds is 8. The van der Waals surface area contributed by atoms with Crippen LogP contribution < -0.4 is 4.74 Å². The number of nitrogens with zero attached hydrogens (tertiary/aromatic N) is 2. The van der Waals surface area contributed by atoms with Gasteiger partial charge >= 0.3 is 5.97 Å². The number of nitrogens with one attached hydrogen (secondary N) is 1. The molecule has 0 saturated carbocycles. The van der Waals surface area contributed by atoms with E-state index in [2.05, 4.69) is 21.8 Å². The molecule has 1 saturated heterocycles. The van der Waals surface area contributed by atoms with Gasteiger partial charge in [-0.1, -0.05) is 19.4 Å². The minimum atomic E-state index is -1.31. The molecule has 0 radical (unpaired) electrons. The molecule has 146 valence electrons. The molecule has 1 fully saturated rings. The van der Waals surface area contributed by atoms with Crippen molar-refractivity contribution in [2.75, 3.05) is 13.1 Å². The van der Waals surface area contributed by atoms with Gasteiger partial charge in [0.1, 0.15) is 17.4 Å². The minimum Gasteiger partial charge on any atom is -0.478 e. The fourth-order valence-corrected chi connectivity index (χ4v) is 3.39. The van der Waals surface area contributed by atoms with E-state index in [1.165, 1.54) is 18.2 Å². The number of carboxylic acid groups (broad SMARTS) is 1. The average Bonchev–Trinajstić information content (AvgIpc) is 3.09. The molecule has 2 heterocycles. The van der Waals surface area contributed by atoms with Crippen LogP contribution >= 0.6 is 0 Å². The van der Waals surface area contributed by atoms with Crippen molar-refractivity contribution in [3.05, 3.63) is 47.8 Å². The molecule has 7 heteroatoms. The van der Waals surface area contributed by atoms with Crippen LogP contribution in [0.3, 0.4) is 0 Å². The van der Waals surface area contributed by atoms with Crippen LogP contribution in [0.4, 0.5) is 4.39 Å². The number of unbranched alkanes of at least 4 members (excludes halogenated alkanes) is 1. The van der Waals surface area contributed by atoms with Crippen LogP contribution in [-0.2, 0) is 17.8 Å². The van der Waals surface area contributed by atoms with E-state index in [0.717, 1.165) is 30.8 Å². The first kappa shape index (κ1) is 19.4. The molecular weight excluding hydrogens is 349 g/mol. The smallest absolute Gasteiger partial charge is 0.348 e. The van der Waals surface area contributed by atoms with Gasteiger partial charge in [-0.05, 0) is 18.6 Å². The lowest BCUT2D eigenvalue weighted by Gasteiger charge is -2.38. The van der Waals surface area contributed by atoms with Crippen LogP contribution in [0.2, 0.25) is 0 Å². The lowest BCUT2D eigenvalue weighted by Crippen LogP contribution is -2.53. The van der Waals surface area contributed by atoms with Crippen molar-refractivity contribution in [1.82, 2.24) is 14.9 Å². The highest BCUT2D eigenvalue weighted by Gasteiger charge is 2.44. The Morgan fingerprint density at radius 3 is 2.85 bits per heavy atom. The largest absolute Gasteiger partial charge is 0.478 e. The van der Waals surface area contributed by atoms with E-state index < -0.39 is 17.4 Å². The van der Waals surface area contributed by atoms with Crippen LogP contribution in [0.1, 0.15) is 44.1 Å². The zero-order valence-electron chi connectivity index (χ0n) is 15.6. The van der Waals surface area contributed by atoms with Crippen LogP contribution in [0, 0.1) is 5.82 Å². The highest BCUT2D eigenvalue weighted by Crippen LogP contribution is 2.30. The number of carboxylic acids is 1. The lowest BCUT2D eigenvalue weighted by atomic mass is 9.91. The van der Waals surface area contributed by atoms with E-state index in [0.29, 0.717) is 32.5 Å². The molecule has 2 N–H and O–H groups in total. The number of benzene rings is 1. The molecule has 0 spiro atoms. The van der Waals surface area contributed by atoms with E-state index >= 15 is 0 Å². The van der Waals surface area contributed by atoms with Gasteiger partial charge in [0.2, 0.25) is 5.60 Å². The van der Waals surface area contributed by atoms with Crippen LogP contribution in [0.15, 0.2) is 30.5 Å². The van der Waals surface area contributed by atoms with Crippen molar-refractivity contribution in [1.29, 1.82) is 0 Å². The zero-order valence-corrected chi connectivity index (χ0v) is 15.6. The highest BCUT2D eigenvalue weighted by molar-refractivity contribution is 5.78. The summed E-state index contributed by atoms with van der Waals surface area (Å²) in [6.45, 7) is 4.03. The lowest BCUT2D eigenvalue weighted by molar-refractivity contribution is -0.159. The first-order valence-electron chi connectivity index (χ1n) is 9.44. The van der Waals surface area contributed by atoms with Crippen molar-refractivity contribution in [2.45, 2.75) is 51.2 Å². The zero-order chi connectivity index (χ0) is 19.3. The topological polar surface area (TPSA) is 78.5 Å². The maximum Gasteiger partial charge on any atom is 0.348 e. The number of aliphatic carboxylic acids is 1. The van der Waals surface area contributed by atoms with Gasteiger partial charge in [-0.3, -0.25) is 4.90 Å². The number of likely N-dealkylation sites (tertiary alicyclic amines) is 1. The van der Waals surface area contributed by atoms with E-state index in [4.69, 9.17) is 4.74 Å². The molecule has 3 rings (SSSR count). The van der Waals surface area contributed by atoms with Gasteiger partial charge < -0.3 is 14.8 Å². The highest BCUT2D eigenvalue weighted by atomic mass is 19.1. The van der Waals surface area contributed by atoms with Gasteiger partial charge in [0, 0.05) is 56.9 Å². The number of hydrogen-bond donors (Lipinski definition) is 2. The number of piperidine rings is 1. The van der Waals surface area contributed by atoms with E-state index in [9.17, 15) is 14.3 Å². The SMILES string of the molecule is CCCCc1ncc(CN2CCC(Oc3cccc(F)c3)(C(=O)O)CC2)[nH]1. The number of ether oxygens (including phenoxy) is 1. The van der Waals surface area contributed by atoms with Gasteiger partial charge in [0.25, 0.3) is 0 Å². The molecule has 0 unspecified atom stereocenters. The molecule has 27 heavy (non-hydrogen) atoms. The summed E-state index contributed by atoms with van der Waals surface area (Å²) in [5.74, 6) is -0.198. The Morgan fingerprint density at radius 1 is 1.41 bits per heavy atom. The van der Waals surface area contributed by atoms with Crippen LogP contribution in [0.25, 0.3) is 0 Å². The molecule has 0 aliphatic carbocycles. The second-order valence-corrected chi connectivity index (χ2v) is 7.09. The quantitative estimate of drug-likeness (QED) is 0.739. The Hall–Kier alpha value is -2.41. The van der Waals surface area contributed by atoms with Gasteiger partial charge in [0.15, 0.2) is 0 Å². The third-order valence-corrected chi connectivity index (χ3v) is 5.00.